The molecule has 1 atom stereocenters. The minimum absolute atomic E-state index is 0.271. The molecule has 0 radical (unpaired) electrons. The Morgan fingerprint density at radius 3 is 1.74 bits per heavy atom. The zero-order valence-electron chi connectivity index (χ0n) is 15.5. The number of hydrogen-bond acceptors (Lipinski definition) is 4. The summed E-state index contributed by atoms with van der Waals surface area (Å²) in [6.45, 7) is 4.60. The average Bonchev–Trinajstić information content (AvgIpc) is 2.93. The van der Waals surface area contributed by atoms with Crippen molar-refractivity contribution in [1.82, 2.24) is 4.57 Å². The maximum absolute atomic E-state index is 13.1. The van der Waals surface area contributed by atoms with E-state index in [1.54, 1.807) is 24.3 Å². The van der Waals surface area contributed by atoms with Gasteiger partial charge in [0.05, 0.1) is 0 Å². The van der Waals surface area contributed by atoms with Crippen molar-refractivity contribution in [3.63, 3.8) is 0 Å². The third-order valence-corrected chi connectivity index (χ3v) is 5.79. The van der Waals surface area contributed by atoms with Crippen molar-refractivity contribution in [3.05, 3.63) is 65.4 Å². The van der Waals surface area contributed by atoms with Gasteiger partial charge in [0, 0.05) is 38.9 Å². The lowest BCUT2D eigenvalue weighted by molar-refractivity contribution is 0.382. The molecule has 0 fully saturated rings. The fourth-order valence-corrected chi connectivity index (χ4v) is 4.20. The number of aromatic nitrogens is 1. The fourth-order valence-electron chi connectivity index (χ4n) is 4.20. The lowest BCUT2D eigenvalue weighted by Gasteiger charge is -2.17. The first-order chi connectivity index (χ1) is 13.0. The van der Waals surface area contributed by atoms with E-state index in [9.17, 15) is 19.2 Å². The Balaban J connectivity index is 2.04. The molecule has 0 aliphatic rings. The van der Waals surface area contributed by atoms with Gasteiger partial charge in [0.2, 0.25) is 10.9 Å². The molecular formula is C22H21NO4. The smallest absolute Gasteiger partial charge is 0.261 e. The highest BCUT2D eigenvalue weighted by molar-refractivity contribution is 6.23. The van der Waals surface area contributed by atoms with Gasteiger partial charge in [0.25, 0.3) is 11.1 Å². The number of nitrogens with zero attached hydrogens (tertiary/aromatic N) is 1. The van der Waals surface area contributed by atoms with Crippen LogP contribution in [0.15, 0.2) is 43.4 Å². The zero-order valence-corrected chi connectivity index (χ0v) is 15.5. The minimum Gasteiger partial charge on any atom is -0.285 e. The molecule has 0 aliphatic heterocycles. The maximum atomic E-state index is 13.1. The van der Waals surface area contributed by atoms with Crippen LogP contribution in [0.2, 0.25) is 0 Å². The molecule has 4 rings (SSSR count). The lowest BCUT2D eigenvalue weighted by atomic mass is 9.97. The fraction of sp³-hybridized carbons (Fsp3) is 0.364. The molecule has 5 heteroatoms. The quantitative estimate of drug-likeness (QED) is 0.494. The molecule has 0 amide bonds. The van der Waals surface area contributed by atoms with Gasteiger partial charge in [-0.25, -0.2) is 0 Å². The maximum Gasteiger partial charge on any atom is 0.261 e. The van der Waals surface area contributed by atoms with Gasteiger partial charge >= 0.3 is 0 Å². The van der Waals surface area contributed by atoms with E-state index < -0.39 is 10.9 Å². The Labute approximate surface area is 154 Å². The van der Waals surface area contributed by atoms with Crippen LogP contribution in [0.1, 0.15) is 39.5 Å². The monoisotopic (exact) mass is 363 g/mol. The van der Waals surface area contributed by atoms with Crippen molar-refractivity contribution in [2.45, 2.75) is 46.1 Å². The summed E-state index contributed by atoms with van der Waals surface area (Å²) in [6.07, 6.45) is 4.03. The molecule has 0 N–H and O–H groups in total. The molecule has 27 heavy (non-hydrogen) atoms. The van der Waals surface area contributed by atoms with Gasteiger partial charge in [0.15, 0.2) is 0 Å². The first kappa shape index (κ1) is 17.6. The highest BCUT2D eigenvalue weighted by atomic mass is 16.2. The van der Waals surface area contributed by atoms with Gasteiger partial charge in [-0.1, -0.05) is 33.1 Å². The van der Waals surface area contributed by atoms with Crippen molar-refractivity contribution in [2.24, 2.45) is 5.92 Å². The molecule has 1 aromatic heterocycles. The molecule has 5 nitrogen and oxygen atoms in total. The third-order valence-electron chi connectivity index (χ3n) is 5.79. The van der Waals surface area contributed by atoms with E-state index in [0.717, 1.165) is 25.7 Å². The average molecular weight is 363 g/mol. The molecule has 1 unspecified atom stereocenters. The van der Waals surface area contributed by atoms with Crippen molar-refractivity contribution < 1.29 is 0 Å². The molecule has 3 aromatic carbocycles. The van der Waals surface area contributed by atoms with Crippen LogP contribution in [-0.2, 0) is 6.54 Å². The van der Waals surface area contributed by atoms with E-state index in [1.807, 2.05) is 0 Å². The zero-order chi connectivity index (χ0) is 19.3. The lowest BCUT2D eigenvalue weighted by Crippen LogP contribution is -2.35. The summed E-state index contributed by atoms with van der Waals surface area (Å²) in [4.78, 5) is 50.5. The van der Waals surface area contributed by atoms with E-state index >= 15 is 0 Å². The second-order valence-corrected chi connectivity index (χ2v) is 7.37. The number of unbranched alkanes of at least 4 members (excludes halogenated alkanes) is 1. The van der Waals surface area contributed by atoms with Gasteiger partial charge < -0.3 is 0 Å². The molecule has 0 spiro atoms. The van der Waals surface area contributed by atoms with E-state index in [1.165, 1.54) is 4.57 Å². The second-order valence-electron chi connectivity index (χ2n) is 7.37. The summed E-state index contributed by atoms with van der Waals surface area (Å²) in [5.74, 6) is 0.271. The summed E-state index contributed by atoms with van der Waals surface area (Å²) >= 11 is 0. The second kappa shape index (κ2) is 6.41. The van der Waals surface area contributed by atoms with E-state index in [4.69, 9.17) is 0 Å². The van der Waals surface area contributed by atoms with Crippen LogP contribution in [0.5, 0.6) is 0 Å². The van der Waals surface area contributed by atoms with Crippen LogP contribution in [0.4, 0.5) is 0 Å². The molecule has 0 aliphatic carbocycles. The summed E-state index contributed by atoms with van der Waals surface area (Å²) in [5, 5.41) is 2.30. The van der Waals surface area contributed by atoms with E-state index in [0.29, 0.717) is 38.9 Å². The predicted molar refractivity (Wildman–Crippen MR) is 109 cm³/mol. The SMILES string of the molecule is CCCCC(CC)Cn1c(=O)c2ccc3c(=O)c(=O)c4ccc(c1=O)c2c34. The molecule has 1 heterocycles. The number of benzene rings is 2. The van der Waals surface area contributed by atoms with E-state index in [-0.39, 0.29) is 17.0 Å². The van der Waals surface area contributed by atoms with Crippen LogP contribution in [-0.4, -0.2) is 4.57 Å². The van der Waals surface area contributed by atoms with Gasteiger partial charge in [0.1, 0.15) is 0 Å². The Kier molecular flexibility index (Phi) is 4.17. The van der Waals surface area contributed by atoms with Gasteiger partial charge in [-0.3, -0.25) is 23.7 Å². The Morgan fingerprint density at radius 1 is 0.778 bits per heavy atom. The highest BCUT2D eigenvalue weighted by Gasteiger charge is 2.21. The first-order valence-corrected chi connectivity index (χ1v) is 9.54. The minimum atomic E-state index is -0.568. The molecule has 0 saturated heterocycles. The summed E-state index contributed by atoms with van der Waals surface area (Å²) in [7, 11) is 0. The van der Waals surface area contributed by atoms with E-state index in [2.05, 4.69) is 13.8 Å². The van der Waals surface area contributed by atoms with Crippen LogP contribution < -0.4 is 22.0 Å². The summed E-state index contributed by atoms with van der Waals surface area (Å²) < 4.78 is 1.34. The Bertz CT molecular complexity index is 1260. The van der Waals surface area contributed by atoms with Crippen LogP contribution in [0, 0.1) is 5.92 Å². The Hall–Kier alpha value is -2.82. The van der Waals surface area contributed by atoms with Gasteiger partial charge in [-0.15, -0.1) is 0 Å². The Morgan fingerprint density at radius 2 is 1.26 bits per heavy atom. The van der Waals surface area contributed by atoms with Crippen LogP contribution in [0.3, 0.4) is 0 Å². The summed E-state index contributed by atoms with van der Waals surface area (Å²) in [6, 6.07) is 6.24. The highest BCUT2D eigenvalue weighted by Crippen LogP contribution is 2.29. The van der Waals surface area contributed by atoms with Gasteiger partial charge in [-0.05, 0) is 36.6 Å². The van der Waals surface area contributed by atoms with Crippen molar-refractivity contribution in [3.8, 4) is 0 Å². The summed E-state index contributed by atoms with van der Waals surface area (Å²) in [5.41, 5.74) is -1.81. The molecule has 4 aromatic rings. The number of hydrogen-bond donors (Lipinski definition) is 0. The normalized spacial score (nSPS) is 13.3. The van der Waals surface area contributed by atoms with Crippen LogP contribution >= 0.6 is 0 Å². The largest absolute Gasteiger partial charge is 0.285 e. The van der Waals surface area contributed by atoms with Crippen molar-refractivity contribution in [2.75, 3.05) is 0 Å². The molecular weight excluding hydrogens is 342 g/mol. The predicted octanol–water partition coefficient (Wildman–Crippen LogP) is 2.92. The molecule has 0 saturated carbocycles. The molecule has 138 valence electrons. The number of pyridine rings is 1. The first-order valence-electron chi connectivity index (χ1n) is 9.54. The molecule has 0 bridgehead atoms. The van der Waals surface area contributed by atoms with Crippen molar-refractivity contribution >= 4 is 32.3 Å². The van der Waals surface area contributed by atoms with Crippen LogP contribution in [0.25, 0.3) is 32.3 Å². The standard InChI is InChI=1S/C22H21NO4/c1-3-5-6-12(4-2)11-23-21(26)15-9-7-13-17-14(20(25)19(13)24)8-10-16(18(15)17)22(23)27/h7-10,12H,3-6,11H2,1-2H3. The van der Waals surface area contributed by atoms with Gasteiger partial charge in [-0.2, -0.15) is 0 Å². The number of rotatable bonds is 6. The third kappa shape index (κ3) is 2.45. The topological polar surface area (TPSA) is 73.2 Å². The van der Waals surface area contributed by atoms with Crippen molar-refractivity contribution in [1.29, 1.82) is 0 Å².